The number of hydrogen-bond acceptors (Lipinski definition) is 3. The SMILES string of the molecule is CCCCCCCCSC(C)(CCCCl)N=NC(C)(C)C. The van der Waals surface area contributed by atoms with Gasteiger partial charge in [0, 0.05) is 5.88 Å². The zero-order chi connectivity index (χ0) is 16.2. The van der Waals surface area contributed by atoms with Gasteiger partial charge in [-0.1, -0.05) is 39.0 Å². The fourth-order valence-corrected chi connectivity index (χ4v) is 3.29. The van der Waals surface area contributed by atoms with Gasteiger partial charge >= 0.3 is 0 Å². The van der Waals surface area contributed by atoms with Crippen LogP contribution in [0, 0.1) is 0 Å². The molecule has 0 aliphatic carbocycles. The van der Waals surface area contributed by atoms with Crippen molar-refractivity contribution in [3.05, 3.63) is 0 Å². The molecule has 0 N–H and O–H groups in total. The largest absolute Gasteiger partial charge is 0.187 e. The maximum atomic E-state index is 5.85. The van der Waals surface area contributed by atoms with Crippen LogP contribution in [0.4, 0.5) is 0 Å². The number of alkyl halides is 1. The Morgan fingerprint density at radius 3 is 2.05 bits per heavy atom. The predicted molar refractivity (Wildman–Crippen MR) is 98.8 cm³/mol. The minimum atomic E-state index is -0.106. The molecule has 0 fully saturated rings. The molecular formula is C17H35ClN2S. The van der Waals surface area contributed by atoms with Crippen molar-refractivity contribution < 1.29 is 0 Å². The molecule has 0 rings (SSSR count). The van der Waals surface area contributed by atoms with E-state index in [4.69, 9.17) is 11.6 Å². The Balaban J connectivity index is 4.14. The predicted octanol–water partition coefficient (Wildman–Crippen LogP) is 7.07. The van der Waals surface area contributed by atoms with Crippen molar-refractivity contribution in [3.63, 3.8) is 0 Å². The molecule has 21 heavy (non-hydrogen) atoms. The number of azo groups is 1. The molecule has 0 radical (unpaired) electrons. The molecule has 0 amide bonds. The van der Waals surface area contributed by atoms with Gasteiger partial charge in [-0.15, -0.1) is 23.4 Å². The van der Waals surface area contributed by atoms with Gasteiger partial charge in [0.25, 0.3) is 0 Å². The maximum Gasteiger partial charge on any atom is 0.124 e. The van der Waals surface area contributed by atoms with Crippen molar-refractivity contribution in [2.24, 2.45) is 10.2 Å². The summed E-state index contributed by atoms with van der Waals surface area (Å²) in [5.41, 5.74) is -0.0943. The number of halogens is 1. The summed E-state index contributed by atoms with van der Waals surface area (Å²) in [6, 6.07) is 0. The fourth-order valence-electron chi connectivity index (χ4n) is 1.98. The van der Waals surface area contributed by atoms with Crippen molar-refractivity contribution >= 4 is 23.4 Å². The molecule has 0 aromatic heterocycles. The standard InChI is InChI=1S/C17H35ClN2S/c1-6-7-8-9-10-11-15-21-17(5,13-12-14-18)20-19-16(2,3)4/h6-15H2,1-5H3. The number of thioether (sulfide) groups is 1. The molecule has 0 aromatic carbocycles. The lowest BCUT2D eigenvalue weighted by Gasteiger charge is -2.24. The number of unbranched alkanes of at least 4 members (excludes halogenated alkanes) is 5. The molecule has 0 saturated heterocycles. The van der Waals surface area contributed by atoms with E-state index in [1.807, 2.05) is 11.8 Å². The van der Waals surface area contributed by atoms with E-state index in [9.17, 15) is 0 Å². The Bertz CT molecular complexity index is 276. The molecule has 4 heteroatoms. The topological polar surface area (TPSA) is 24.7 Å². The van der Waals surface area contributed by atoms with E-state index in [2.05, 4.69) is 44.8 Å². The van der Waals surface area contributed by atoms with E-state index in [1.54, 1.807) is 0 Å². The molecule has 126 valence electrons. The van der Waals surface area contributed by atoms with Gasteiger partial charge in [0.15, 0.2) is 0 Å². The van der Waals surface area contributed by atoms with Gasteiger partial charge in [0.1, 0.15) is 4.87 Å². The third kappa shape index (κ3) is 13.6. The Morgan fingerprint density at radius 2 is 1.48 bits per heavy atom. The quantitative estimate of drug-likeness (QED) is 0.213. The van der Waals surface area contributed by atoms with Crippen molar-refractivity contribution in [1.82, 2.24) is 0 Å². The number of nitrogens with zero attached hydrogens (tertiary/aromatic N) is 2. The average Bonchev–Trinajstić information content (AvgIpc) is 2.42. The third-order valence-electron chi connectivity index (χ3n) is 3.25. The van der Waals surface area contributed by atoms with Crippen LogP contribution in [0.25, 0.3) is 0 Å². The molecular weight excluding hydrogens is 300 g/mol. The smallest absolute Gasteiger partial charge is 0.124 e. The summed E-state index contributed by atoms with van der Waals surface area (Å²) >= 11 is 7.80. The lowest BCUT2D eigenvalue weighted by atomic mass is 10.1. The Kier molecular flexibility index (Phi) is 11.9. The lowest BCUT2D eigenvalue weighted by Crippen LogP contribution is -2.20. The second-order valence-electron chi connectivity index (χ2n) is 6.95. The second kappa shape index (κ2) is 11.8. The van der Waals surface area contributed by atoms with Gasteiger partial charge < -0.3 is 0 Å². The van der Waals surface area contributed by atoms with E-state index >= 15 is 0 Å². The highest BCUT2D eigenvalue weighted by Gasteiger charge is 2.24. The Labute approximate surface area is 141 Å². The monoisotopic (exact) mass is 334 g/mol. The van der Waals surface area contributed by atoms with Crippen LogP contribution in [0.5, 0.6) is 0 Å². The molecule has 1 atom stereocenters. The molecule has 0 aliphatic rings. The van der Waals surface area contributed by atoms with Gasteiger partial charge in [0.05, 0.1) is 5.54 Å². The summed E-state index contributed by atoms with van der Waals surface area (Å²) in [5.74, 6) is 1.88. The summed E-state index contributed by atoms with van der Waals surface area (Å²) in [6.07, 6.45) is 10.1. The minimum Gasteiger partial charge on any atom is -0.187 e. The van der Waals surface area contributed by atoms with E-state index in [0.29, 0.717) is 5.88 Å². The molecule has 1 unspecified atom stereocenters. The zero-order valence-corrected chi connectivity index (χ0v) is 16.3. The number of rotatable bonds is 12. The van der Waals surface area contributed by atoms with Crippen molar-refractivity contribution in [3.8, 4) is 0 Å². The average molecular weight is 335 g/mol. The van der Waals surface area contributed by atoms with E-state index < -0.39 is 0 Å². The lowest BCUT2D eigenvalue weighted by molar-refractivity contribution is 0.485. The molecule has 0 spiro atoms. The van der Waals surface area contributed by atoms with Crippen LogP contribution in [-0.2, 0) is 0 Å². The minimum absolute atomic E-state index is 0.0943. The number of hydrogen-bond donors (Lipinski definition) is 0. The van der Waals surface area contributed by atoms with Crippen LogP contribution in [0.3, 0.4) is 0 Å². The van der Waals surface area contributed by atoms with Crippen LogP contribution in [0.1, 0.15) is 86.0 Å². The molecule has 0 aromatic rings. The summed E-state index contributed by atoms with van der Waals surface area (Å²) in [4.78, 5) is -0.106. The van der Waals surface area contributed by atoms with Crippen molar-refractivity contribution in [1.29, 1.82) is 0 Å². The van der Waals surface area contributed by atoms with Crippen molar-refractivity contribution in [2.45, 2.75) is 96.4 Å². The van der Waals surface area contributed by atoms with Crippen LogP contribution in [-0.4, -0.2) is 22.0 Å². The summed E-state index contributed by atoms with van der Waals surface area (Å²) in [6.45, 7) is 10.7. The summed E-state index contributed by atoms with van der Waals surface area (Å²) in [5, 5.41) is 9.12. The van der Waals surface area contributed by atoms with Crippen LogP contribution in [0.15, 0.2) is 10.2 Å². The maximum absolute atomic E-state index is 5.85. The Morgan fingerprint density at radius 1 is 0.857 bits per heavy atom. The molecule has 0 saturated carbocycles. The van der Waals surface area contributed by atoms with Gasteiger partial charge in [-0.05, 0) is 52.7 Å². The van der Waals surface area contributed by atoms with Gasteiger partial charge in [-0.2, -0.15) is 10.2 Å². The van der Waals surface area contributed by atoms with Crippen molar-refractivity contribution in [2.75, 3.05) is 11.6 Å². The zero-order valence-electron chi connectivity index (χ0n) is 14.8. The van der Waals surface area contributed by atoms with Gasteiger partial charge in [0.2, 0.25) is 0 Å². The van der Waals surface area contributed by atoms with Gasteiger partial charge in [-0.3, -0.25) is 0 Å². The fraction of sp³-hybridized carbons (Fsp3) is 1.00. The second-order valence-corrected chi connectivity index (χ2v) is 8.91. The highest BCUT2D eigenvalue weighted by Crippen LogP contribution is 2.34. The van der Waals surface area contributed by atoms with Crippen LogP contribution >= 0.6 is 23.4 Å². The van der Waals surface area contributed by atoms with E-state index in [1.165, 1.54) is 44.3 Å². The molecule has 0 heterocycles. The third-order valence-corrected chi connectivity index (χ3v) is 4.91. The normalized spacial score (nSPS) is 15.5. The highest BCUT2D eigenvalue weighted by atomic mass is 35.5. The van der Waals surface area contributed by atoms with Crippen LogP contribution < -0.4 is 0 Å². The summed E-state index contributed by atoms with van der Waals surface area (Å²) in [7, 11) is 0. The van der Waals surface area contributed by atoms with E-state index in [-0.39, 0.29) is 10.4 Å². The molecule has 0 bridgehead atoms. The first-order valence-corrected chi connectivity index (χ1v) is 9.99. The first kappa shape index (κ1) is 21.2. The van der Waals surface area contributed by atoms with E-state index in [0.717, 1.165) is 12.8 Å². The first-order chi connectivity index (χ1) is 9.83. The molecule has 2 nitrogen and oxygen atoms in total. The van der Waals surface area contributed by atoms with Gasteiger partial charge in [-0.25, -0.2) is 0 Å². The molecule has 0 aliphatic heterocycles. The summed E-state index contributed by atoms with van der Waals surface area (Å²) < 4.78 is 0. The van der Waals surface area contributed by atoms with Crippen LogP contribution in [0.2, 0.25) is 0 Å². The highest BCUT2D eigenvalue weighted by molar-refractivity contribution is 8.00. The Hall–Kier alpha value is 0.240. The first-order valence-electron chi connectivity index (χ1n) is 8.47.